The van der Waals surface area contributed by atoms with Gasteiger partial charge in [-0.15, -0.1) is 0 Å². The van der Waals surface area contributed by atoms with Crippen LogP contribution < -0.4 is 4.74 Å². The zero-order chi connectivity index (χ0) is 21.7. The lowest BCUT2D eigenvalue weighted by Gasteiger charge is -2.37. The number of fused-ring (bicyclic) bond motifs is 1. The van der Waals surface area contributed by atoms with Crippen LogP contribution in [-0.2, 0) is 15.9 Å². The maximum Gasteiger partial charge on any atom is 0.205 e. The molecule has 0 amide bonds. The maximum absolute atomic E-state index is 9.45. The molecule has 0 aromatic heterocycles. The Morgan fingerprint density at radius 1 is 1.06 bits per heavy atom. The molecule has 0 unspecified atom stereocenters. The molecule has 0 radical (unpaired) electrons. The summed E-state index contributed by atoms with van der Waals surface area (Å²) in [5.74, 6) is 0.837. The first-order chi connectivity index (χ1) is 15.2. The lowest BCUT2D eigenvalue weighted by molar-refractivity contribution is 0.00279. The molecule has 0 bridgehead atoms. The molecule has 1 fully saturated rings. The second-order valence-corrected chi connectivity index (χ2v) is 8.54. The summed E-state index contributed by atoms with van der Waals surface area (Å²) in [7, 11) is 3.40. The zero-order valence-corrected chi connectivity index (χ0v) is 18.4. The Kier molecular flexibility index (Phi) is 6.70. The fourth-order valence-corrected chi connectivity index (χ4v) is 5.07. The summed E-state index contributed by atoms with van der Waals surface area (Å²) in [6, 6.07) is 14.6. The molecule has 0 atom stereocenters. The van der Waals surface area contributed by atoms with Crippen molar-refractivity contribution in [2.24, 2.45) is 10.4 Å². The Labute approximate surface area is 184 Å². The molecule has 2 aromatic rings. The molecule has 0 aliphatic heterocycles. The SMILES string of the molecule is COCCCOC1CCC2(CC1)Cc1ccc(-c3cccc(OC)c3)cc1C2=NC#N. The fraction of sp³-hybridized carbons (Fsp3) is 0.462. The molecular weight excluding hydrogens is 388 g/mol. The number of hydrogen-bond donors (Lipinski definition) is 0. The van der Waals surface area contributed by atoms with Crippen molar-refractivity contribution < 1.29 is 14.2 Å². The Morgan fingerprint density at radius 2 is 1.87 bits per heavy atom. The molecule has 0 heterocycles. The summed E-state index contributed by atoms with van der Waals surface area (Å²) in [5, 5.41) is 9.45. The summed E-state index contributed by atoms with van der Waals surface area (Å²) in [6.07, 6.45) is 8.29. The molecular formula is C26H30N2O3. The molecule has 2 aromatic carbocycles. The summed E-state index contributed by atoms with van der Waals surface area (Å²) in [6.45, 7) is 1.48. The molecule has 2 aliphatic carbocycles. The molecule has 5 nitrogen and oxygen atoms in total. The van der Waals surface area contributed by atoms with E-state index in [0.717, 1.165) is 79.9 Å². The smallest absolute Gasteiger partial charge is 0.205 e. The largest absolute Gasteiger partial charge is 0.497 e. The van der Waals surface area contributed by atoms with Crippen molar-refractivity contribution in [3.05, 3.63) is 53.6 Å². The van der Waals surface area contributed by atoms with Gasteiger partial charge in [0.2, 0.25) is 6.19 Å². The van der Waals surface area contributed by atoms with Crippen LogP contribution in [0, 0.1) is 16.9 Å². The Bertz CT molecular complexity index is 984. The highest BCUT2D eigenvalue weighted by Crippen LogP contribution is 2.49. The van der Waals surface area contributed by atoms with Gasteiger partial charge < -0.3 is 14.2 Å². The van der Waals surface area contributed by atoms with E-state index in [-0.39, 0.29) is 5.41 Å². The number of methoxy groups -OCH3 is 2. The van der Waals surface area contributed by atoms with Gasteiger partial charge in [0.15, 0.2) is 0 Å². The Balaban J connectivity index is 1.54. The monoisotopic (exact) mass is 418 g/mol. The molecule has 1 saturated carbocycles. The van der Waals surface area contributed by atoms with Crippen molar-refractivity contribution in [1.29, 1.82) is 5.26 Å². The standard InChI is InChI=1S/C26H30N2O3/c1-29-13-4-14-31-22-9-11-26(12-10-22)17-21-8-7-20(16-24(21)25(26)28-18-27)19-5-3-6-23(15-19)30-2/h3,5-8,15-16,22H,4,9-14,17H2,1-2H3. The first kappa shape index (κ1) is 21.5. The number of ether oxygens (including phenoxy) is 3. The van der Waals surface area contributed by atoms with Crippen LogP contribution in [0.25, 0.3) is 11.1 Å². The van der Waals surface area contributed by atoms with Gasteiger partial charge in [-0.05, 0) is 73.4 Å². The molecule has 162 valence electrons. The van der Waals surface area contributed by atoms with Gasteiger partial charge in [-0.2, -0.15) is 10.3 Å². The van der Waals surface area contributed by atoms with Crippen LogP contribution in [0.2, 0.25) is 0 Å². The first-order valence-corrected chi connectivity index (χ1v) is 11.0. The van der Waals surface area contributed by atoms with Crippen LogP contribution >= 0.6 is 0 Å². The van der Waals surface area contributed by atoms with Crippen LogP contribution in [0.1, 0.15) is 43.2 Å². The average Bonchev–Trinajstić information content (AvgIpc) is 3.10. The van der Waals surface area contributed by atoms with E-state index in [1.165, 1.54) is 5.56 Å². The maximum atomic E-state index is 9.45. The lowest BCUT2D eigenvalue weighted by atomic mass is 9.70. The van der Waals surface area contributed by atoms with Crippen molar-refractivity contribution in [2.45, 2.75) is 44.6 Å². The summed E-state index contributed by atoms with van der Waals surface area (Å²) in [5.41, 5.74) is 5.56. The molecule has 5 heteroatoms. The third-order valence-electron chi connectivity index (χ3n) is 6.70. The highest BCUT2D eigenvalue weighted by atomic mass is 16.5. The van der Waals surface area contributed by atoms with E-state index in [1.807, 2.05) is 18.2 Å². The number of benzene rings is 2. The number of nitrogens with zero attached hydrogens (tertiary/aromatic N) is 2. The second kappa shape index (κ2) is 9.64. The average molecular weight is 419 g/mol. The minimum atomic E-state index is -0.0442. The van der Waals surface area contributed by atoms with E-state index in [2.05, 4.69) is 35.5 Å². The van der Waals surface area contributed by atoms with Gasteiger partial charge in [0, 0.05) is 31.3 Å². The molecule has 4 rings (SSSR count). The van der Waals surface area contributed by atoms with Gasteiger partial charge in [-0.3, -0.25) is 0 Å². The van der Waals surface area contributed by atoms with Crippen molar-refractivity contribution in [3.63, 3.8) is 0 Å². The fourth-order valence-electron chi connectivity index (χ4n) is 5.07. The first-order valence-electron chi connectivity index (χ1n) is 11.0. The van der Waals surface area contributed by atoms with E-state index in [1.54, 1.807) is 14.2 Å². The molecule has 0 saturated heterocycles. The number of nitriles is 1. The number of rotatable bonds is 7. The third kappa shape index (κ3) is 4.51. The van der Waals surface area contributed by atoms with Crippen LogP contribution in [0.3, 0.4) is 0 Å². The summed E-state index contributed by atoms with van der Waals surface area (Å²) in [4.78, 5) is 4.36. The van der Waals surface area contributed by atoms with Gasteiger partial charge in [-0.1, -0.05) is 24.3 Å². The molecule has 0 N–H and O–H groups in total. The summed E-state index contributed by atoms with van der Waals surface area (Å²) < 4.78 is 16.6. The van der Waals surface area contributed by atoms with Crippen LogP contribution in [-0.4, -0.2) is 39.2 Å². The van der Waals surface area contributed by atoms with E-state index in [4.69, 9.17) is 14.2 Å². The molecule has 31 heavy (non-hydrogen) atoms. The van der Waals surface area contributed by atoms with Gasteiger partial charge >= 0.3 is 0 Å². The van der Waals surface area contributed by atoms with Crippen molar-refractivity contribution in [1.82, 2.24) is 0 Å². The summed E-state index contributed by atoms with van der Waals surface area (Å²) >= 11 is 0. The van der Waals surface area contributed by atoms with Crippen LogP contribution in [0.15, 0.2) is 47.5 Å². The lowest BCUT2D eigenvalue weighted by Crippen LogP contribution is -2.36. The predicted octanol–water partition coefficient (Wildman–Crippen LogP) is 5.17. The van der Waals surface area contributed by atoms with E-state index in [9.17, 15) is 5.26 Å². The van der Waals surface area contributed by atoms with Crippen LogP contribution in [0.5, 0.6) is 5.75 Å². The van der Waals surface area contributed by atoms with Crippen molar-refractivity contribution in [2.75, 3.05) is 27.4 Å². The second-order valence-electron chi connectivity index (χ2n) is 8.54. The van der Waals surface area contributed by atoms with Gasteiger partial charge in [0.05, 0.1) is 18.9 Å². The minimum absolute atomic E-state index is 0.0442. The zero-order valence-electron chi connectivity index (χ0n) is 18.4. The Hall–Kier alpha value is -2.68. The van der Waals surface area contributed by atoms with E-state index in [0.29, 0.717) is 6.10 Å². The van der Waals surface area contributed by atoms with E-state index < -0.39 is 0 Å². The normalized spacial score (nSPS) is 23.6. The number of hydrogen-bond acceptors (Lipinski definition) is 5. The number of aliphatic imine (C=N–C) groups is 1. The van der Waals surface area contributed by atoms with E-state index >= 15 is 0 Å². The van der Waals surface area contributed by atoms with Crippen molar-refractivity contribution in [3.8, 4) is 23.1 Å². The quantitative estimate of drug-likeness (QED) is 0.460. The van der Waals surface area contributed by atoms with Gasteiger partial charge in [0.25, 0.3) is 0 Å². The molecule has 2 aliphatic rings. The Morgan fingerprint density at radius 3 is 2.61 bits per heavy atom. The van der Waals surface area contributed by atoms with Crippen LogP contribution in [0.4, 0.5) is 0 Å². The third-order valence-corrected chi connectivity index (χ3v) is 6.70. The highest BCUT2D eigenvalue weighted by Gasteiger charge is 2.46. The molecule has 1 spiro atoms. The van der Waals surface area contributed by atoms with Gasteiger partial charge in [0.1, 0.15) is 5.75 Å². The van der Waals surface area contributed by atoms with Gasteiger partial charge in [-0.25, -0.2) is 0 Å². The highest BCUT2D eigenvalue weighted by molar-refractivity contribution is 6.10. The topological polar surface area (TPSA) is 63.8 Å². The minimum Gasteiger partial charge on any atom is -0.497 e. The van der Waals surface area contributed by atoms with Crippen molar-refractivity contribution >= 4 is 5.71 Å². The predicted molar refractivity (Wildman–Crippen MR) is 121 cm³/mol.